The van der Waals surface area contributed by atoms with Crippen LogP contribution in [0.3, 0.4) is 0 Å². The molecule has 1 N–H and O–H groups in total. The van der Waals surface area contributed by atoms with E-state index in [1.54, 1.807) is 13.8 Å². The van der Waals surface area contributed by atoms with Crippen molar-refractivity contribution >= 4 is 28.8 Å². The molecule has 2 atom stereocenters. The van der Waals surface area contributed by atoms with Crippen LogP contribution in [0.5, 0.6) is 11.5 Å². The summed E-state index contributed by atoms with van der Waals surface area (Å²) in [5.41, 5.74) is -2.80. The molecular formula is C17H16N2O7. The van der Waals surface area contributed by atoms with Gasteiger partial charge in [0.1, 0.15) is 11.1 Å². The molecule has 2 bridgehead atoms. The minimum Gasteiger partial charge on any atom is -0.454 e. The van der Waals surface area contributed by atoms with E-state index in [0.717, 1.165) is 0 Å². The van der Waals surface area contributed by atoms with Crippen molar-refractivity contribution in [1.29, 1.82) is 0 Å². The summed E-state index contributed by atoms with van der Waals surface area (Å²) in [5.74, 6) is -1.95. The van der Waals surface area contributed by atoms with Crippen LogP contribution in [-0.4, -0.2) is 29.2 Å². The number of fused-ring (bicyclic) bond motifs is 3. The zero-order chi connectivity index (χ0) is 18.9. The molecule has 9 heteroatoms. The molecule has 4 rings (SSSR count). The molecule has 26 heavy (non-hydrogen) atoms. The van der Waals surface area contributed by atoms with Gasteiger partial charge >= 0.3 is 0 Å². The van der Waals surface area contributed by atoms with Crippen LogP contribution in [0.4, 0.5) is 11.4 Å². The van der Waals surface area contributed by atoms with E-state index in [1.807, 2.05) is 0 Å². The highest BCUT2D eigenvalue weighted by Gasteiger charge is 2.72. The normalized spacial score (nSPS) is 27.7. The van der Waals surface area contributed by atoms with Gasteiger partial charge in [-0.15, -0.1) is 0 Å². The Bertz CT molecular complexity index is 891. The van der Waals surface area contributed by atoms with Gasteiger partial charge in [-0.05, 0) is 18.3 Å². The highest BCUT2D eigenvalue weighted by Crippen LogP contribution is 2.62. The number of hydrogen-bond acceptors (Lipinski definition) is 7. The van der Waals surface area contributed by atoms with Gasteiger partial charge in [-0.25, -0.2) is 0 Å². The van der Waals surface area contributed by atoms with Crippen LogP contribution >= 0.6 is 0 Å². The van der Waals surface area contributed by atoms with Gasteiger partial charge < -0.3 is 14.8 Å². The Morgan fingerprint density at radius 2 is 1.92 bits per heavy atom. The molecule has 0 radical (unpaired) electrons. The fourth-order valence-electron chi connectivity index (χ4n) is 4.50. The molecule has 1 amide bonds. The first-order valence-electron chi connectivity index (χ1n) is 8.18. The van der Waals surface area contributed by atoms with Crippen LogP contribution in [0, 0.1) is 26.9 Å². The number of nitro benzene ring substituents is 1. The molecule has 2 saturated carbocycles. The van der Waals surface area contributed by atoms with Crippen molar-refractivity contribution in [3.8, 4) is 11.5 Å². The number of nitro groups is 1. The molecule has 0 aromatic heterocycles. The van der Waals surface area contributed by atoms with Crippen molar-refractivity contribution in [3.05, 3.63) is 22.2 Å². The van der Waals surface area contributed by atoms with E-state index in [9.17, 15) is 24.5 Å². The van der Waals surface area contributed by atoms with Crippen molar-refractivity contribution in [2.24, 2.45) is 16.7 Å². The average Bonchev–Trinajstić information content (AvgIpc) is 3.17. The largest absolute Gasteiger partial charge is 0.454 e. The van der Waals surface area contributed by atoms with Gasteiger partial charge in [0.25, 0.3) is 5.69 Å². The zero-order valence-corrected chi connectivity index (χ0v) is 14.2. The van der Waals surface area contributed by atoms with E-state index in [1.165, 1.54) is 12.1 Å². The monoisotopic (exact) mass is 360 g/mol. The summed E-state index contributed by atoms with van der Waals surface area (Å²) in [7, 11) is 0. The van der Waals surface area contributed by atoms with Crippen LogP contribution in [-0.2, 0) is 14.4 Å². The topological polar surface area (TPSA) is 125 Å². The van der Waals surface area contributed by atoms with E-state index < -0.39 is 39.1 Å². The van der Waals surface area contributed by atoms with E-state index in [4.69, 9.17) is 9.47 Å². The van der Waals surface area contributed by atoms with Crippen molar-refractivity contribution in [2.75, 3.05) is 12.1 Å². The first-order valence-corrected chi connectivity index (χ1v) is 8.18. The maximum atomic E-state index is 13.1. The number of hydrogen-bond donors (Lipinski definition) is 1. The third kappa shape index (κ3) is 1.82. The quantitative estimate of drug-likeness (QED) is 0.377. The number of rotatable bonds is 3. The summed E-state index contributed by atoms with van der Waals surface area (Å²) in [4.78, 5) is 48.5. The Morgan fingerprint density at radius 1 is 1.27 bits per heavy atom. The third-order valence-electron chi connectivity index (χ3n) is 6.03. The lowest BCUT2D eigenvalue weighted by atomic mass is 9.68. The summed E-state index contributed by atoms with van der Waals surface area (Å²) < 4.78 is 10.3. The van der Waals surface area contributed by atoms with Crippen LogP contribution < -0.4 is 14.8 Å². The second kappa shape index (κ2) is 5.03. The van der Waals surface area contributed by atoms with Crippen LogP contribution in [0.2, 0.25) is 0 Å². The first-order chi connectivity index (χ1) is 12.2. The Morgan fingerprint density at radius 3 is 2.50 bits per heavy atom. The maximum absolute atomic E-state index is 13.1. The van der Waals surface area contributed by atoms with Gasteiger partial charge in [0, 0.05) is 12.0 Å². The van der Waals surface area contributed by atoms with Crippen molar-refractivity contribution in [2.45, 2.75) is 26.7 Å². The van der Waals surface area contributed by atoms with Crippen molar-refractivity contribution in [1.82, 2.24) is 0 Å². The molecule has 1 aliphatic heterocycles. The molecule has 1 heterocycles. The Kier molecular flexibility index (Phi) is 3.19. The highest BCUT2D eigenvalue weighted by atomic mass is 16.7. The summed E-state index contributed by atoms with van der Waals surface area (Å²) in [6, 6.07) is 2.47. The molecule has 2 aliphatic carbocycles. The van der Waals surface area contributed by atoms with Gasteiger partial charge in [0.05, 0.1) is 11.0 Å². The predicted molar refractivity (Wildman–Crippen MR) is 86.8 cm³/mol. The third-order valence-corrected chi connectivity index (χ3v) is 6.03. The molecular weight excluding hydrogens is 344 g/mol. The van der Waals surface area contributed by atoms with E-state index in [2.05, 4.69) is 5.32 Å². The number of amides is 1. The smallest absolute Gasteiger partial charge is 0.296 e. The molecule has 2 fully saturated rings. The Balaban J connectivity index is 1.75. The predicted octanol–water partition coefficient (Wildman–Crippen LogP) is 1.84. The van der Waals surface area contributed by atoms with E-state index >= 15 is 0 Å². The van der Waals surface area contributed by atoms with Crippen LogP contribution in [0.25, 0.3) is 0 Å². The first kappa shape index (κ1) is 16.5. The lowest BCUT2D eigenvalue weighted by Gasteiger charge is -2.33. The molecule has 136 valence electrons. The highest BCUT2D eigenvalue weighted by molar-refractivity contribution is 6.48. The number of ketones is 2. The van der Waals surface area contributed by atoms with Crippen LogP contribution in [0.1, 0.15) is 26.7 Å². The molecule has 9 nitrogen and oxygen atoms in total. The Labute approximate surface area is 147 Å². The molecule has 3 aliphatic rings. The second-order valence-corrected chi connectivity index (χ2v) is 7.35. The summed E-state index contributed by atoms with van der Waals surface area (Å²) >= 11 is 0. The van der Waals surface area contributed by atoms with Gasteiger partial charge in [-0.3, -0.25) is 24.5 Å². The number of carbonyl (C=O) groups is 3. The fraction of sp³-hybridized carbons (Fsp3) is 0.471. The van der Waals surface area contributed by atoms with Crippen molar-refractivity contribution in [3.63, 3.8) is 0 Å². The van der Waals surface area contributed by atoms with E-state index in [0.29, 0.717) is 6.42 Å². The number of carbonyl (C=O) groups excluding carboxylic acids is 3. The van der Waals surface area contributed by atoms with Crippen molar-refractivity contribution < 1.29 is 28.8 Å². The lowest BCUT2D eigenvalue weighted by molar-refractivity contribution is -0.384. The van der Waals surface area contributed by atoms with Gasteiger partial charge in [0.2, 0.25) is 24.3 Å². The minimum atomic E-state index is -1.50. The zero-order valence-electron chi connectivity index (χ0n) is 14.2. The minimum absolute atomic E-state index is 0.0739. The molecule has 0 spiro atoms. The average molecular weight is 360 g/mol. The molecule has 1 aromatic carbocycles. The summed E-state index contributed by atoms with van der Waals surface area (Å²) in [6.45, 7) is 3.37. The van der Waals surface area contributed by atoms with Gasteiger partial charge in [-0.1, -0.05) is 13.8 Å². The number of Topliss-reactive ketones (excluding diaryl/α,β-unsaturated/α-hetero) is 2. The number of anilines is 1. The summed E-state index contributed by atoms with van der Waals surface area (Å²) in [5, 5.41) is 13.9. The SMILES string of the molecule is CC1(C)C2CCC1(C(=O)Nc1cc3c(cc1[N+](=O)[O-])OCO3)C(=O)C2=O. The molecule has 1 aromatic rings. The lowest BCUT2D eigenvalue weighted by Crippen LogP contribution is -2.47. The van der Waals surface area contributed by atoms with Gasteiger partial charge in [0.15, 0.2) is 11.5 Å². The van der Waals surface area contributed by atoms with Crippen LogP contribution in [0.15, 0.2) is 12.1 Å². The standard InChI is InChI=1S/C17H16N2O7/c1-16(2)8-3-4-17(16,14(21)13(8)20)15(22)18-9-5-11-12(26-7-25-11)6-10(9)19(23)24/h5-6,8H,3-4,7H2,1-2H3,(H,18,22). The number of ether oxygens (including phenoxy) is 2. The summed E-state index contributed by atoms with van der Waals surface area (Å²) in [6.07, 6.45) is 0.702. The Hall–Kier alpha value is -2.97. The molecule has 2 unspecified atom stereocenters. The molecule has 0 saturated heterocycles. The number of benzene rings is 1. The number of nitrogens with one attached hydrogen (secondary N) is 1. The van der Waals surface area contributed by atoms with Gasteiger partial charge in [-0.2, -0.15) is 0 Å². The second-order valence-electron chi connectivity index (χ2n) is 7.35. The number of nitrogens with zero attached hydrogens (tertiary/aromatic N) is 1. The fourth-order valence-corrected chi connectivity index (χ4v) is 4.50. The van der Waals surface area contributed by atoms with E-state index in [-0.39, 0.29) is 36.1 Å². The maximum Gasteiger partial charge on any atom is 0.296 e.